The van der Waals surface area contributed by atoms with E-state index in [0.717, 1.165) is 41.6 Å². The number of ketones is 2. The van der Waals surface area contributed by atoms with Gasteiger partial charge in [-0.05, 0) is 138 Å². The zero-order valence-electron chi connectivity index (χ0n) is 41.6. The third kappa shape index (κ3) is 11.8. The van der Waals surface area contributed by atoms with Gasteiger partial charge >= 0.3 is 5.97 Å². The lowest BCUT2D eigenvalue weighted by atomic mass is 9.81. The van der Waals surface area contributed by atoms with Crippen LogP contribution in [0.3, 0.4) is 0 Å². The van der Waals surface area contributed by atoms with Gasteiger partial charge in [0, 0.05) is 69.8 Å². The number of nitrogens with zero attached hydrogens (tertiary/aromatic N) is 2. The SMILES string of the molecule is CCC1C=C(C)C(O)C(C)CC(OC)C2OC(O)(C(=O)C(=O)N3CCCCC3C(=O)OC(C(C)=CC3CCC(Oc4ccc5c(ccn5CC)c4)C(OC)C3)C(C)CCC1=O)C(C)CC2OC. The maximum atomic E-state index is 14.5. The first-order valence-corrected chi connectivity index (χ1v) is 24.9. The lowest BCUT2D eigenvalue weighted by Crippen LogP contribution is -2.64. The molecule has 372 valence electrons. The molecule has 4 aliphatic rings. The quantitative estimate of drug-likeness (QED) is 0.144. The van der Waals surface area contributed by atoms with E-state index in [0.29, 0.717) is 37.7 Å². The standard InChI is InChI=1S/C53H78N2O12/c1-11-37-26-32(4)47(57)33(5)27-45(63-9)49-46(64-10)28-35(7)53(61,67-49)50(58)51(59)55-23-14-13-15-41(55)52(60)66-48(31(3)16-20-42(37)56)34(6)25-36-17-21-43(44(29-36)62-8)65-39-18-19-40-38(30-39)22-24-54(40)12-2/h18-19,22,24-26,30-31,33,35-37,41,43-49,57,61H,11-17,20-21,23,27-29H2,1-10H3. The molecule has 3 fully saturated rings. The van der Waals surface area contributed by atoms with Gasteiger partial charge < -0.3 is 48.1 Å². The Morgan fingerprint density at radius 3 is 2.28 bits per heavy atom. The number of piperidine rings is 1. The summed E-state index contributed by atoms with van der Waals surface area (Å²) in [5, 5.41) is 24.9. The molecule has 0 spiro atoms. The molecule has 14 atom stereocenters. The molecule has 2 bridgehead atoms. The Morgan fingerprint density at radius 1 is 0.881 bits per heavy atom. The molecule has 3 aliphatic heterocycles. The summed E-state index contributed by atoms with van der Waals surface area (Å²) >= 11 is 0. The number of aliphatic hydroxyl groups excluding tert-OH is 1. The summed E-state index contributed by atoms with van der Waals surface area (Å²) in [5.74, 6) is -6.45. The maximum absolute atomic E-state index is 14.5. The van der Waals surface area contributed by atoms with Crippen molar-refractivity contribution in [3.8, 4) is 5.75 Å². The number of ether oxygens (including phenoxy) is 6. The van der Waals surface area contributed by atoms with E-state index in [9.17, 15) is 29.4 Å². The highest BCUT2D eigenvalue weighted by atomic mass is 16.7. The summed E-state index contributed by atoms with van der Waals surface area (Å²) in [7, 11) is 4.70. The van der Waals surface area contributed by atoms with Gasteiger partial charge in [0.25, 0.3) is 11.7 Å². The molecule has 6 rings (SSSR count). The number of aryl methyl sites for hydroxylation is 1. The Hall–Kier alpha value is -3.92. The van der Waals surface area contributed by atoms with E-state index in [-0.39, 0.29) is 62.1 Å². The minimum Gasteiger partial charge on any atom is -0.488 e. The number of amides is 1. The number of rotatable bonds is 9. The van der Waals surface area contributed by atoms with Crippen molar-refractivity contribution in [2.75, 3.05) is 27.9 Å². The fourth-order valence-corrected chi connectivity index (χ4v) is 11.1. The number of aliphatic hydroxyl groups is 2. The van der Waals surface area contributed by atoms with Crippen molar-refractivity contribution in [3.63, 3.8) is 0 Å². The van der Waals surface area contributed by atoms with Crippen LogP contribution in [0.2, 0.25) is 0 Å². The highest BCUT2D eigenvalue weighted by Gasteiger charge is 2.56. The number of carbonyl (C=O) groups is 4. The number of hydrogen-bond donors (Lipinski definition) is 2. The minimum absolute atomic E-state index is 0.0266. The number of fused-ring (bicyclic) bond motifs is 4. The molecule has 2 aromatic rings. The van der Waals surface area contributed by atoms with Crippen molar-refractivity contribution in [2.45, 2.75) is 180 Å². The van der Waals surface area contributed by atoms with Crippen LogP contribution >= 0.6 is 0 Å². The molecule has 1 amide bonds. The van der Waals surface area contributed by atoms with E-state index >= 15 is 0 Å². The van der Waals surface area contributed by atoms with E-state index in [1.807, 2.05) is 46.8 Å². The molecule has 14 heteroatoms. The average molecular weight is 935 g/mol. The third-order valence-electron chi connectivity index (χ3n) is 15.4. The first kappa shape index (κ1) is 52.5. The van der Waals surface area contributed by atoms with Crippen LogP contribution in [0, 0.1) is 29.6 Å². The van der Waals surface area contributed by atoms with Crippen molar-refractivity contribution >= 4 is 34.3 Å². The lowest BCUT2D eigenvalue weighted by Gasteiger charge is -2.47. The Morgan fingerprint density at radius 2 is 1.60 bits per heavy atom. The highest BCUT2D eigenvalue weighted by Crippen LogP contribution is 2.40. The number of esters is 1. The molecule has 2 N–H and O–H groups in total. The van der Waals surface area contributed by atoms with Gasteiger partial charge in [0.2, 0.25) is 5.79 Å². The summed E-state index contributed by atoms with van der Waals surface area (Å²) in [6.07, 6.45) is 7.03. The summed E-state index contributed by atoms with van der Waals surface area (Å²) in [6, 6.07) is 7.20. The molecule has 1 aliphatic carbocycles. The fourth-order valence-electron chi connectivity index (χ4n) is 11.1. The number of Topliss-reactive ketones (excluding diaryl/α,β-unsaturated/α-hetero) is 2. The van der Waals surface area contributed by atoms with Gasteiger partial charge in [-0.1, -0.05) is 39.8 Å². The number of benzene rings is 1. The number of cyclic esters (lactones) is 1. The number of hydrogen-bond acceptors (Lipinski definition) is 12. The molecule has 14 nitrogen and oxygen atoms in total. The van der Waals surface area contributed by atoms with E-state index in [1.165, 1.54) is 19.1 Å². The molecule has 4 heterocycles. The van der Waals surface area contributed by atoms with Crippen LogP contribution in [0.5, 0.6) is 5.75 Å². The topological polar surface area (TPSA) is 172 Å². The van der Waals surface area contributed by atoms with Gasteiger partial charge in [0.1, 0.15) is 35.9 Å². The Bertz CT molecular complexity index is 2100. The van der Waals surface area contributed by atoms with Crippen LogP contribution in [0.25, 0.3) is 10.9 Å². The summed E-state index contributed by atoms with van der Waals surface area (Å²) in [4.78, 5) is 58.5. The number of aromatic nitrogens is 1. The lowest BCUT2D eigenvalue weighted by molar-refractivity contribution is -0.302. The van der Waals surface area contributed by atoms with E-state index in [2.05, 4.69) is 42.0 Å². The summed E-state index contributed by atoms with van der Waals surface area (Å²) in [5.41, 5.74) is 2.63. The molecule has 1 aromatic heterocycles. The Balaban J connectivity index is 1.29. The van der Waals surface area contributed by atoms with Gasteiger partial charge in [-0.3, -0.25) is 14.4 Å². The monoisotopic (exact) mass is 935 g/mol. The van der Waals surface area contributed by atoms with Crippen LogP contribution in [0.4, 0.5) is 0 Å². The van der Waals surface area contributed by atoms with E-state index < -0.39 is 77.8 Å². The van der Waals surface area contributed by atoms with E-state index in [1.54, 1.807) is 14.0 Å². The van der Waals surface area contributed by atoms with Gasteiger partial charge in [-0.25, -0.2) is 4.79 Å². The first-order chi connectivity index (χ1) is 32.0. The van der Waals surface area contributed by atoms with Gasteiger partial charge in [0.15, 0.2) is 0 Å². The zero-order chi connectivity index (χ0) is 48.7. The third-order valence-corrected chi connectivity index (χ3v) is 15.4. The Kier molecular flexibility index (Phi) is 18.1. The van der Waals surface area contributed by atoms with Gasteiger partial charge in [0.05, 0.1) is 24.4 Å². The predicted molar refractivity (Wildman–Crippen MR) is 254 cm³/mol. The summed E-state index contributed by atoms with van der Waals surface area (Å²) in [6.45, 7) is 14.3. The van der Waals surface area contributed by atoms with Crippen molar-refractivity contribution in [1.29, 1.82) is 0 Å². The Labute approximate surface area is 397 Å². The van der Waals surface area contributed by atoms with Crippen molar-refractivity contribution in [1.82, 2.24) is 9.47 Å². The highest BCUT2D eigenvalue weighted by molar-refractivity contribution is 6.39. The second kappa shape index (κ2) is 23.1. The fraction of sp³-hybridized carbons (Fsp3) is 0.698. The van der Waals surface area contributed by atoms with Crippen LogP contribution in [-0.4, -0.2) is 126 Å². The van der Waals surface area contributed by atoms with Gasteiger partial charge in [-0.2, -0.15) is 0 Å². The summed E-state index contributed by atoms with van der Waals surface area (Å²) < 4.78 is 39.3. The molecular weight excluding hydrogens is 857 g/mol. The van der Waals surface area contributed by atoms with Crippen LogP contribution in [-0.2, 0) is 49.4 Å². The van der Waals surface area contributed by atoms with Crippen molar-refractivity contribution in [3.05, 3.63) is 53.8 Å². The van der Waals surface area contributed by atoms with E-state index in [4.69, 9.17) is 28.4 Å². The second-order valence-corrected chi connectivity index (χ2v) is 20.0. The zero-order valence-corrected chi connectivity index (χ0v) is 41.6. The molecule has 1 saturated carbocycles. The molecule has 1 aromatic carbocycles. The molecule has 0 radical (unpaired) electrons. The predicted octanol–water partition coefficient (Wildman–Crippen LogP) is 7.53. The van der Waals surface area contributed by atoms with Crippen LogP contribution in [0.15, 0.2) is 53.8 Å². The molecule has 2 saturated heterocycles. The number of allylic oxidation sites excluding steroid dienone is 2. The number of methoxy groups -OCH3 is 3. The second-order valence-electron chi connectivity index (χ2n) is 20.0. The van der Waals surface area contributed by atoms with Crippen molar-refractivity contribution < 1.29 is 57.8 Å². The average Bonchev–Trinajstić information content (AvgIpc) is 3.75. The first-order valence-electron chi connectivity index (χ1n) is 24.9. The molecular formula is C53H78N2O12. The largest absolute Gasteiger partial charge is 0.488 e. The molecule has 14 unspecified atom stereocenters. The smallest absolute Gasteiger partial charge is 0.329 e. The van der Waals surface area contributed by atoms with Gasteiger partial charge in [-0.15, -0.1) is 0 Å². The normalized spacial score (nSPS) is 35.9. The maximum Gasteiger partial charge on any atom is 0.329 e. The number of carbonyl (C=O) groups excluding carboxylic acids is 4. The van der Waals surface area contributed by atoms with Crippen LogP contribution in [0.1, 0.15) is 119 Å². The molecule has 67 heavy (non-hydrogen) atoms. The van der Waals surface area contributed by atoms with Crippen molar-refractivity contribution in [2.24, 2.45) is 29.6 Å². The minimum atomic E-state index is -2.54. The van der Waals surface area contributed by atoms with Crippen LogP contribution < -0.4 is 4.74 Å².